The molecule has 98 valence electrons. The maximum absolute atomic E-state index is 12.2. The third-order valence-corrected chi connectivity index (χ3v) is 3.58. The molecule has 1 aromatic rings. The molecule has 0 spiro atoms. The number of carbonyl (C=O) groups excluding carboxylic acids is 1. The Morgan fingerprint density at radius 2 is 2.11 bits per heavy atom. The molecule has 0 aliphatic carbocycles. The van der Waals surface area contributed by atoms with E-state index in [0.717, 1.165) is 30.8 Å². The topological polar surface area (TPSA) is 41.1 Å². The van der Waals surface area contributed by atoms with Gasteiger partial charge < -0.3 is 10.6 Å². The van der Waals surface area contributed by atoms with Crippen LogP contribution in [0.15, 0.2) is 18.2 Å². The second-order valence-electron chi connectivity index (χ2n) is 5.50. The molecule has 1 heterocycles. The quantitative estimate of drug-likeness (QED) is 0.841. The van der Waals surface area contributed by atoms with Crippen molar-refractivity contribution in [2.24, 2.45) is 11.8 Å². The summed E-state index contributed by atoms with van der Waals surface area (Å²) < 4.78 is 0. The first kappa shape index (κ1) is 13.1. The highest BCUT2D eigenvalue weighted by Crippen LogP contribution is 2.20. The Bertz CT molecular complexity index is 442. The Hall–Kier alpha value is -1.35. The van der Waals surface area contributed by atoms with E-state index in [1.807, 2.05) is 19.1 Å². The van der Waals surface area contributed by atoms with Crippen molar-refractivity contribution >= 4 is 11.6 Å². The van der Waals surface area contributed by atoms with Gasteiger partial charge in [-0.05, 0) is 44.4 Å². The average molecular weight is 246 g/mol. The van der Waals surface area contributed by atoms with E-state index in [-0.39, 0.29) is 11.8 Å². The molecule has 1 aromatic carbocycles. The molecule has 2 unspecified atom stereocenters. The van der Waals surface area contributed by atoms with Crippen LogP contribution < -0.4 is 10.6 Å². The van der Waals surface area contributed by atoms with Crippen LogP contribution >= 0.6 is 0 Å². The van der Waals surface area contributed by atoms with Crippen LogP contribution in [-0.2, 0) is 4.79 Å². The standard InChI is InChI=1S/C15H22N2O/c1-10-4-5-14(12(3)6-10)17-15(18)13-7-11(2)8-16-9-13/h4-6,11,13,16H,7-9H2,1-3H3,(H,17,18). The van der Waals surface area contributed by atoms with Gasteiger partial charge in [-0.3, -0.25) is 4.79 Å². The molecule has 1 amide bonds. The highest BCUT2D eigenvalue weighted by Gasteiger charge is 2.24. The number of nitrogens with one attached hydrogen (secondary N) is 2. The van der Waals surface area contributed by atoms with Crippen molar-refractivity contribution in [3.05, 3.63) is 29.3 Å². The molecule has 3 heteroatoms. The number of hydrogen-bond donors (Lipinski definition) is 2. The zero-order chi connectivity index (χ0) is 13.1. The largest absolute Gasteiger partial charge is 0.326 e. The Balaban J connectivity index is 2.02. The molecule has 1 aliphatic heterocycles. The second kappa shape index (κ2) is 5.53. The second-order valence-corrected chi connectivity index (χ2v) is 5.50. The molecule has 2 atom stereocenters. The molecule has 2 N–H and O–H groups in total. The zero-order valence-electron chi connectivity index (χ0n) is 11.4. The summed E-state index contributed by atoms with van der Waals surface area (Å²) in [4.78, 5) is 12.2. The van der Waals surface area contributed by atoms with Crippen molar-refractivity contribution in [3.8, 4) is 0 Å². The molecule has 0 radical (unpaired) electrons. The van der Waals surface area contributed by atoms with E-state index in [1.54, 1.807) is 0 Å². The lowest BCUT2D eigenvalue weighted by atomic mass is 9.91. The van der Waals surface area contributed by atoms with E-state index in [4.69, 9.17) is 0 Å². The molecule has 1 aliphatic rings. The molecule has 0 saturated carbocycles. The van der Waals surface area contributed by atoms with Gasteiger partial charge in [0.2, 0.25) is 5.91 Å². The molecule has 3 nitrogen and oxygen atoms in total. The number of aryl methyl sites for hydroxylation is 2. The minimum absolute atomic E-state index is 0.0921. The Morgan fingerprint density at radius 3 is 2.78 bits per heavy atom. The Kier molecular flexibility index (Phi) is 4.02. The Morgan fingerprint density at radius 1 is 1.33 bits per heavy atom. The number of piperidine rings is 1. The number of rotatable bonds is 2. The lowest BCUT2D eigenvalue weighted by Crippen LogP contribution is -2.41. The van der Waals surface area contributed by atoms with Gasteiger partial charge in [-0.25, -0.2) is 0 Å². The normalized spacial score (nSPS) is 23.7. The number of carbonyl (C=O) groups is 1. The van der Waals surface area contributed by atoms with Crippen LogP contribution in [0, 0.1) is 25.7 Å². The highest BCUT2D eigenvalue weighted by atomic mass is 16.1. The van der Waals surface area contributed by atoms with Gasteiger partial charge in [0.15, 0.2) is 0 Å². The SMILES string of the molecule is Cc1ccc(NC(=O)C2CNCC(C)C2)c(C)c1. The van der Waals surface area contributed by atoms with E-state index in [2.05, 4.69) is 30.5 Å². The van der Waals surface area contributed by atoms with Crippen molar-refractivity contribution in [2.45, 2.75) is 27.2 Å². The van der Waals surface area contributed by atoms with Gasteiger partial charge in [-0.15, -0.1) is 0 Å². The predicted octanol–water partition coefficient (Wildman–Crippen LogP) is 2.49. The molecule has 1 fully saturated rings. The summed E-state index contributed by atoms with van der Waals surface area (Å²) in [6.45, 7) is 8.09. The number of hydrogen-bond acceptors (Lipinski definition) is 2. The van der Waals surface area contributed by atoms with Crippen LogP contribution in [-0.4, -0.2) is 19.0 Å². The van der Waals surface area contributed by atoms with Crippen LogP contribution in [0.5, 0.6) is 0 Å². The summed E-state index contributed by atoms with van der Waals surface area (Å²) in [5, 5.41) is 6.36. The predicted molar refractivity (Wildman–Crippen MR) is 74.7 cm³/mol. The number of amides is 1. The van der Waals surface area contributed by atoms with Gasteiger partial charge in [-0.1, -0.05) is 24.6 Å². The van der Waals surface area contributed by atoms with E-state index >= 15 is 0 Å². The Labute approximate surface area is 109 Å². The number of benzene rings is 1. The average Bonchev–Trinajstić information content (AvgIpc) is 2.32. The van der Waals surface area contributed by atoms with E-state index in [9.17, 15) is 4.79 Å². The van der Waals surface area contributed by atoms with Crippen LogP contribution in [0.3, 0.4) is 0 Å². The first-order valence-corrected chi connectivity index (χ1v) is 6.65. The van der Waals surface area contributed by atoms with E-state index in [1.165, 1.54) is 5.56 Å². The minimum Gasteiger partial charge on any atom is -0.326 e. The smallest absolute Gasteiger partial charge is 0.228 e. The van der Waals surface area contributed by atoms with Crippen molar-refractivity contribution in [2.75, 3.05) is 18.4 Å². The lowest BCUT2D eigenvalue weighted by molar-refractivity contribution is -0.120. The third-order valence-electron chi connectivity index (χ3n) is 3.58. The van der Waals surface area contributed by atoms with E-state index < -0.39 is 0 Å². The fraction of sp³-hybridized carbons (Fsp3) is 0.533. The van der Waals surface area contributed by atoms with Crippen molar-refractivity contribution in [3.63, 3.8) is 0 Å². The maximum atomic E-state index is 12.2. The molecule has 0 aromatic heterocycles. The van der Waals surface area contributed by atoms with Gasteiger partial charge in [0.25, 0.3) is 0 Å². The molecule has 18 heavy (non-hydrogen) atoms. The lowest BCUT2D eigenvalue weighted by Gasteiger charge is -2.27. The number of anilines is 1. The first-order chi connectivity index (χ1) is 8.56. The third kappa shape index (κ3) is 3.10. The van der Waals surface area contributed by atoms with Gasteiger partial charge in [0, 0.05) is 12.2 Å². The van der Waals surface area contributed by atoms with Crippen LogP contribution in [0.2, 0.25) is 0 Å². The van der Waals surface area contributed by atoms with Gasteiger partial charge in [0.1, 0.15) is 0 Å². The monoisotopic (exact) mass is 246 g/mol. The summed E-state index contributed by atoms with van der Waals surface area (Å²) in [6, 6.07) is 6.12. The van der Waals surface area contributed by atoms with Crippen molar-refractivity contribution in [1.82, 2.24) is 5.32 Å². The summed E-state index contributed by atoms with van der Waals surface area (Å²) in [7, 11) is 0. The highest BCUT2D eigenvalue weighted by molar-refractivity contribution is 5.93. The maximum Gasteiger partial charge on any atom is 0.228 e. The molecule has 2 rings (SSSR count). The van der Waals surface area contributed by atoms with Gasteiger partial charge >= 0.3 is 0 Å². The summed E-state index contributed by atoms with van der Waals surface area (Å²) in [5.74, 6) is 0.809. The molecule has 0 bridgehead atoms. The van der Waals surface area contributed by atoms with Crippen LogP contribution in [0.1, 0.15) is 24.5 Å². The summed E-state index contributed by atoms with van der Waals surface area (Å²) in [5.41, 5.74) is 3.28. The van der Waals surface area contributed by atoms with E-state index in [0.29, 0.717) is 5.92 Å². The molecule has 1 saturated heterocycles. The first-order valence-electron chi connectivity index (χ1n) is 6.65. The fourth-order valence-electron chi connectivity index (χ4n) is 2.54. The molecular formula is C15H22N2O. The van der Waals surface area contributed by atoms with Gasteiger partial charge in [-0.2, -0.15) is 0 Å². The van der Waals surface area contributed by atoms with Gasteiger partial charge in [0.05, 0.1) is 5.92 Å². The minimum atomic E-state index is 0.0921. The summed E-state index contributed by atoms with van der Waals surface area (Å²) >= 11 is 0. The molecular weight excluding hydrogens is 224 g/mol. The zero-order valence-corrected chi connectivity index (χ0v) is 11.4. The fourth-order valence-corrected chi connectivity index (χ4v) is 2.54. The van der Waals surface area contributed by atoms with Crippen LogP contribution in [0.25, 0.3) is 0 Å². The summed E-state index contributed by atoms with van der Waals surface area (Å²) in [6.07, 6.45) is 0.976. The van der Waals surface area contributed by atoms with Crippen molar-refractivity contribution in [1.29, 1.82) is 0 Å². The van der Waals surface area contributed by atoms with Crippen LogP contribution in [0.4, 0.5) is 5.69 Å². The van der Waals surface area contributed by atoms with Crippen molar-refractivity contribution < 1.29 is 4.79 Å².